The smallest absolute Gasteiger partial charge is 0.295 e. The number of methoxy groups -OCH3 is 1. The number of ether oxygens (including phenoxy) is 1. The molecule has 0 saturated heterocycles. The van der Waals surface area contributed by atoms with E-state index < -0.39 is 0 Å². The van der Waals surface area contributed by atoms with Gasteiger partial charge in [0, 0.05) is 24.0 Å². The molecule has 1 aromatic carbocycles. The highest BCUT2D eigenvalue weighted by Gasteiger charge is 2.11. The lowest BCUT2D eigenvalue weighted by atomic mass is 10.1. The van der Waals surface area contributed by atoms with Crippen molar-refractivity contribution in [2.45, 2.75) is 39.7 Å². The summed E-state index contributed by atoms with van der Waals surface area (Å²) in [6, 6.07) is 11.0. The fraction of sp³-hybridized carbons (Fsp3) is 0.333. The third kappa shape index (κ3) is 3.47. The Hall–Kier alpha value is -3.02. The summed E-state index contributed by atoms with van der Waals surface area (Å²) in [5.41, 5.74) is 6.07. The van der Waals surface area contributed by atoms with Crippen LogP contribution in [0.15, 0.2) is 40.9 Å². The van der Waals surface area contributed by atoms with Crippen LogP contribution in [0.3, 0.4) is 0 Å². The Morgan fingerprint density at radius 2 is 2.00 bits per heavy atom. The Morgan fingerprint density at radius 3 is 2.78 bits per heavy atom. The van der Waals surface area contributed by atoms with Crippen molar-refractivity contribution in [3.63, 3.8) is 0 Å². The van der Waals surface area contributed by atoms with E-state index in [1.807, 2.05) is 24.4 Å². The first-order valence-electron chi connectivity index (χ1n) is 9.21. The van der Waals surface area contributed by atoms with Gasteiger partial charge in [-0.1, -0.05) is 6.07 Å². The second-order valence-electron chi connectivity index (χ2n) is 7.06. The molecule has 0 spiro atoms. The first-order chi connectivity index (χ1) is 13.0. The number of rotatable bonds is 6. The summed E-state index contributed by atoms with van der Waals surface area (Å²) in [6.45, 7) is 6.23. The first kappa shape index (κ1) is 17.4. The summed E-state index contributed by atoms with van der Waals surface area (Å²) in [6.07, 6.45) is 3.77. The molecular weight excluding hydrogens is 340 g/mol. The predicted molar refractivity (Wildman–Crippen MR) is 107 cm³/mol. The van der Waals surface area contributed by atoms with E-state index in [9.17, 15) is 0 Å². The first-order valence-corrected chi connectivity index (χ1v) is 9.21. The Labute approximate surface area is 158 Å². The van der Waals surface area contributed by atoms with Gasteiger partial charge in [0.25, 0.3) is 6.01 Å². The number of hydrogen-bond acceptors (Lipinski definition) is 5. The molecule has 0 aliphatic rings. The number of imidazole rings is 1. The molecule has 3 heterocycles. The lowest BCUT2D eigenvalue weighted by Crippen LogP contribution is -2.09. The van der Waals surface area contributed by atoms with Crippen molar-refractivity contribution in [2.75, 3.05) is 12.4 Å². The largest absolute Gasteiger partial charge is 0.497 e. The van der Waals surface area contributed by atoms with Gasteiger partial charge in [-0.3, -0.25) is 0 Å². The second-order valence-corrected chi connectivity index (χ2v) is 7.06. The molecule has 0 bridgehead atoms. The van der Waals surface area contributed by atoms with Crippen LogP contribution >= 0.6 is 0 Å². The van der Waals surface area contributed by atoms with Crippen LogP contribution in [0, 0.1) is 6.92 Å². The van der Waals surface area contributed by atoms with Crippen molar-refractivity contribution in [1.29, 1.82) is 0 Å². The van der Waals surface area contributed by atoms with Gasteiger partial charge in [0.15, 0.2) is 5.58 Å². The van der Waals surface area contributed by atoms with E-state index in [4.69, 9.17) is 14.1 Å². The fourth-order valence-electron chi connectivity index (χ4n) is 3.26. The number of hydrogen-bond donors (Lipinski definition) is 1. The average molecular weight is 364 g/mol. The lowest BCUT2D eigenvalue weighted by Gasteiger charge is -2.02. The van der Waals surface area contributed by atoms with Crippen molar-refractivity contribution >= 4 is 22.8 Å². The highest BCUT2D eigenvalue weighted by atomic mass is 16.5. The molecule has 0 radical (unpaired) electrons. The van der Waals surface area contributed by atoms with Crippen LogP contribution in [-0.2, 0) is 12.8 Å². The van der Waals surface area contributed by atoms with Crippen molar-refractivity contribution in [2.24, 2.45) is 0 Å². The minimum Gasteiger partial charge on any atom is -0.497 e. The van der Waals surface area contributed by atoms with Crippen molar-refractivity contribution < 1.29 is 9.15 Å². The number of benzene rings is 1. The molecule has 6 heteroatoms. The number of anilines is 1. The normalized spacial score (nSPS) is 11.6. The van der Waals surface area contributed by atoms with Gasteiger partial charge in [-0.25, -0.2) is 4.98 Å². The van der Waals surface area contributed by atoms with Crippen molar-refractivity contribution in [1.82, 2.24) is 14.4 Å². The molecular formula is C21H24N4O2. The molecule has 3 aromatic heterocycles. The van der Waals surface area contributed by atoms with Crippen LogP contribution < -0.4 is 10.1 Å². The average Bonchev–Trinajstić information content (AvgIpc) is 3.18. The number of pyridine rings is 1. The molecule has 140 valence electrons. The predicted octanol–water partition coefficient (Wildman–Crippen LogP) is 4.40. The zero-order valence-electron chi connectivity index (χ0n) is 16.1. The number of aryl methyl sites for hydroxylation is 3. The molecule has 0 aliphatic heterocycles. The van der Waals surface area contributed by atoms with E-state index in [1.54, 1.807) is 7.11 Å². The summed E-state index contributed by atoms with van der Waals surface area (Å²) in [4.78, 5) is 9.24. The molecule has 0 unspecified atom stereocenters. The van der Waals surface area contributed by atoms with Gasteiger partial charge in [-0.2, -0.15) is 4.98 Å². The summed E-state index contributed by atoms with van der Waals surface area (Å²) < 4.78 is 13.2. The number of fused-ring (bicyclic) bond motifs is 2. The Kier molecular flexibility index (Phi) is 4.48. The minimum atomic E-state index is 0.286. The van der Waals surface area contributed by atoms with Crippen LogP contribution in [0.25, 0.3) is 16.7 Å². The fourth-order valence-corrected chi connectivity index (χ4v) is 3.26. The van der Waals surface area contributed by atoms with E-state index >= 15 is 0 Å². The maximum atomic E-state index is 5.81. The van der Waals surface area contributed by atoms with Gasteiger partial charge in [-0.05, 0) is 57.4 Å². The molecule has 4 rings (SSSR count). The van der Waals surface area contributed by atoms with E-state index in [2.05, 4.69) is 47.6 Å². The molecule has 0 atom stereocenters. The summed E-state index contributed by atoms with van der Waals surface area (Å²) in [5, 5.41) is 3.20. The van der Waals surface area contributed by atoms with E-state index in [1.165, 1.54) is 5.56 Å². The summed E-state index contributed by atoms with van der Waals surface area (Å²) in [7, 11) is 1.67. The van der Waals surface area contributed by atoms with Crippen molar-refractivity contribution in [3.05, 3.63) is 53.5 Å². The van der Waals surface area contributed by atoms with Crippen LogP contribution in [0.1, 0.15) is 30.8 Å². The lowest BCUT2D eigenvalue weighted by molar-refractivity contribution is 0.414. The standard InChI is InChI=1S/C21H24N4O2/c1-13(2)22-21-24-18-8-6-15(11-19(18)27-21)5-7-17-14(3)25-10-9-16(26-4)12-20(25)23-17/h6,8-13H,5,7H2,1-4H3,(H,22,24). The molecule has 0 amide bonds. The van der Waals surface area contributed by atoms with Gasteiger partial charge in [0.2, 0.25) is 0 Å². The Morgan fingerprint density at radius 1 is 1.15 bits per heavy atom. The maximum Gasteiger partial charge on any atom is 0.295 e. The van der Waals surface area contributed by atoms with Gasteiger partial charge in [0.1, 0.15) is 16.9 Å². The van der Waals surface area contributed by atoms with Crippen LogP contribution in [0.2, 0.25) is 0 Å². The Bertz CT molecular complexity index is 1090. The van der Waals surface area contributed by atoms with Crippen LogP contribution in [0.4, 0.5) is 6.01 Å². The number of nitrogens with one attached hydrogen (secondary N) is 1. The number of oxazole rings is 1. The zero-order valence-corrected chi connectivity index (χ0v) is 16.1. The second kappa shape index (κ2) is 6.95. The van der Waals surface area contributed by atoms with Crippen LogP contribution in [-0.4, -0.2) is 27.5 Å². The molecule has 27 heavy (non-hydrogen) atoms. The monoisotopic (exact) mass is 364 g/mol. The van der Waals surface area contributed by atoms with Crippen molar-refractivity contribution in [3.8, 4) is 5.75 Å². The van der Waals surface area contributed by atoms with Gasteiger partial charge in [0.05, 0.1) is 12.8 Å². The van der Waals surface area contributed by atoms with Gasteiger partial charge >= 0.3 is 0 Å². The van der Waals surface area contributed by atoms with E-state index in [-0.39, 0.29) is 6.04 Å². The van der Waals surface area contributed by atoms with E-state index in [0.717, 1.165) is 46.7 Å². The van der Waals surface area contributed by atoms with Crippen LogP contribution in [0.5, 0.6) is 5.75 Å². The topological polar surface area (TPSA) is 64.6 Å². The van der Waals surface area contributed by atoms with Gasteiger partial charge < -0.3 is 18.9 Å². The highest BCUT2D eigenvalue weighted by molar-refractivity contribution is 5.75. The zero-order chi connectivity index (χ0) is 19.0. The SMILES string of the molecule is COc1ccn2c(C)c(CCc3ccc4nc(NC(C)C)oc4c3)nc2c1. The highest BCUT2D eigenvalue weighted by Crippen LogP contribution is 2.23. The molecule has 0 saturated carbocycles. The summed E-state index contributed by atoms with van der Waals surface area (Å²) in [5.74, 6) is 0.820. The Balaban J connectivity index is 1.54. The molecule has 1 N–H and O–H groups in total. The molecule has 0 fully saturated rings. The molecule has 6 nitrogen and oxygen atoms in total. The third-order valence-electron chi connectivity index (χ3n) is 4.69. The van der Waals surface area contributed by atoms with Gasteiger partial charge in [-0.15, -0.1) is 0 Å². The minimum absolute atomic E-state index is 0.286. The number of nitrogens with zero attached hydrogens (tertiary/aromatic N) is 3. The maximum absolute atomic E-state index is 5.81. The number of aromatic nitrogens is 3. The summed E-state index contributed by atoms with van der Waals surface area (Å²) >= 11 is 0. The molecule has 0 aliphatic carbocycles. The quantitative estimate of drug-likeness (QED) is 0.549. The molecule has 4 aromatic rings. The third-order valence-corrected chi connectivity index (χ3v) is 4.69. The van der Waals surface area contributed by atoms with E-state index in [0.29, 0.717) is 6.01 Å².